The number of carbonyl (C=O) groups excluding carboxylic acids is 2. The van der Waals surface area contributed by atoms with E-state index in [0.717, 1.165) is 11.6 Å². The molecule has 14 heteroatoms. The quantitative estimate of drug-likeness (QED) is 0.227. The van der Waals surface area contributed by atoms with E-state index >= 15 is 0 Å². The van der Waals surface area contributed by atoms with Gasteiger partial charge in [0.2, 0.25) is 5.78 Å². The molecule has 0 saturated carbocycles. The van der Waals surface area contributed by atoms with Crippen LogP contribution in [0.15, 0.2) is 35.8 Å². The number of ketones is 2. The van der Waals surface area contributed by atoms with Crippen molar-refractivity contribution < 1.29 is 96.2 Å². The van der Waals surface area contributed by atoms with Gasteiger partial charge in [0.15, 0.2) is 5.01 Å². The minimum atomic E-state index is -5.26. The molecule has 0 saturated heterocycles. The Hall–Kier alpha value is -0.330. The van der Waals surface area contributed by atoms with Gasteiger partial charge >= 0.3 is 65.3 Å². The number of aromatic nitrogens is 2. The number of hydrogen-bond donors (Lipinski definition) is 0. The Morgan fingerprint density at radius 1 is 1.14 bits per heavy atom. The topological polar surface area (TPSA) is 115 Å². The summed E-state index contributed by atoms with van der Waals surface area (Å²) < 4.78 is 49.1. The SMILES string of the molecule is O=C(c1nc(C(=O)C(F)(F)F)cs1)c1cn(P(=O)([O-])[O-])c2ccccc12.[Na+].[Na+]. The first-order chi connectivity index (χ1) is 12.0. The minimum Gasteiger partial charge on any atom is -0.795 e. The number of thiazole rings is 1. The van der Waals surface area contributed by atoms with Crippen LogP contribution in [0.5, 0.6) is 0 Å². The molecule has 2 aromatic heterocycles. The van der Waals surface area contributed by atoms with Crippen LogP contribution in [0, 0.1) is 0 Å². The van der Waals surface area contributed by atoms with E-state index in [2.05, 4.69) is 4.98 Å². The van der Waals surface area contributed by atoms with Crippen LogP contribution in [0.25, 0.3) is 10.9 Å². The van der Waals surface area contributed by atoms with Gasteiger partial charge < -0.3 is 18.7 Å². The Labute approximate surface area is 203 Å². The minimum absolute atomic E-state index is 0. The van der Waals surface area contributed by atoms with E-state index in [-0.39, 0.29) is 75.6 Å². The molecule has 136 valence electrons. The van der Waals surface area contributed by atoms with Crippen LogP contribution in [0.3, 0.4) is 0 Å². The van der Waals surface area contributed by atoms with Crippen molar-refractivity contribution >= 4 is 41.6 Å². The summed E-state index contributed by atoms with van der Waals surface area (Å²) in [6.45, 7) is 0. The molecule has 0 aliphatic carbocycles. The van der Waals surface area contributed by atoms with Gasteiger partial charge in [-0.05, 0) is 6.07 Å². The predicted octanol–water partition coefficient (Wildman–Crippen LogP) is -4.24. The van der Waals surface area contributed by atoms with E-state index in [1.165, 1.54) is 24.3 Å². The second-order valence-electron chi connectivity index (χ2n) is 5.07. The zero-order chi connectivity index (χ0) is 19.3. The van der Waals surface area contributed by atoms with Gasteiger partial charge in [-0.25, -0.2) is 4.98 Å². The third-order valence-electron chi connectivity index (χ3n) is 3.39. The van der Waals surface area contributed by atoms with Gasteiger partial charge in [-0.1, -0.05) is 18.2 Å². The predicted molar refractivity (Wildman–Crippen MR) is 80.9 cm³/mol. The summed E-state index contributed by atoms with van der Waals surface area (Å²) in [5.41, 5.74) is -1.21. The average molecular weight is 448 g/mol. The van der Waals surface area contributed by atoms with Crippen molar-refractivity contribution in [2.45, 2.75) is 6.18 Å². The molecule has 28 heavy (non-hydrogen) atoms. The summed E-state index contributed by atoms with van der Waals surface area (Å²) >= 11 is 0.506. The first-order valence-corrected chi connectivity index (χ1v) is 9.12. The van der Waals surface area contributed by atoms with Crippen LogP contribution in [0.2, 0.25) is 0 Å². The first-order valence-electron chi connectivity index (χ1n) is 6.75. The van der Waals surface area contributed by atoms with Gasteiger partial charge in [-0.3, -0.25) is 9.59 Å². The Kier molecular flexibility index (Phi) is 8.46. The monoisotopic (exact) mass is 448 g/mol. The maximum atomic E-state index is 12.5. The van der Waals surface area contributed by atoms with E-state index in [4.69, 9.17) is 0 Å². The molecule has 0 spiro atoms. The smallest absolute Gasteiger partial charge is 0.795 e. The molecule has 0 aliphatic heterocycles. The Balaban J connectivity index is 0.00000196. The van der Waals surface area contributed by atoms with Crippen molar-refractivity contribution in [2.24, 2.45) is 0 Å². The molecule has 0 radical (unpaired) electrons. The third kappa shape index (κ3) is 5.04. The van der Waals surface area contributed by atoms with E-state index in [1.807, 2.05) is 0 Å². The number of para-hydroxylation sites is 1. The van der Waals surface area contributed by atoms with Crippen LogP contribution in [-0.2, 0) is 4.57 Å². The van der Waals surface area contributed by atoms with Crippen molar-refractivity contribution in [1.82, 2.24) is 9.32 Å². The molecule has 3 aromatic rings. The fourth-order valence-corrected chi connectivity index (χ4v) is 3.74. The third-order valence-corrected chi connectivity index (χ3v) is 5.09. The number of alkyl halides is 3. The molecule has 0 aliphatic rings. The van der Waals surface area contributed by atoms with E-state index < -0.39 is 36.2 Å². The largest absolute Gasteiger partial charge is 1.00 e. The molecule has 2 heterocycles. The van der Waals surface area contributed by atoms with E-state index in [0.29, 0.717) is 15.7 Å². The summed E-state index contributed by atoms with van der Waals surface area (Å²) in [5.74, 6) is -3.10. The van der Waals surface area contributed by atoms with Crippen molar-refractivity contribution in [1.29, 1.82) is 0 Å². The Morgan fingerprint density at radius 2 is 1.75 bits per heavy atom. The number of rotatable bonds is 4. The van der Waals surface area contributed by atoms with Crippen molar-refractivity contribution in [3.05, 3.63) is 52.1 Å². The number of hydrogen-bond acceptors (Lipinski definition) is 7. The molecule has 1 aromatic carbocycles. The van der Waals surface area contributed by atoms with Gasteiger partial charge in [0.05, 0.1) is 11.1 Å². The first kappa shape index (κ1) is 25.7. The van der Waals surface area contributed by atoms with Crippen LogP contribution in [0.1, 0.15) is 25.9 Å². The van der Waals surface area contributed by atoms with Gasteiger partial charge in [-0.15, -0.1) is 11.3 Å². The molecule has 0 atom stereocenters. The van der Waals surface area contributed by atoms with Crippen LogP contribution in [0.4, 0.5) is 13.2 Å². The molecule has 0 fully saturated rings. The molecule has 0 N–H and O–H groups in total. The number of fused-ring (bicyclic) bond motifs is 1. The fourth-order valence-electron chi connectivity index (χ4n) is 2.29. The van der Waals surface area contributed by atoms with Gasteiger partial charge in [0.1, 0.15) is 5.69 Å². The number of benzene rings is 1. The zero-order valence-electron chi connectivity index (χ0n) is 14.4. The molecule has 3 rings (SSSR count). The van der Waals surface area contributed by atoms with Crippen LogP contribution >= 0.6 is 19.1 Å². The van der Waals surface area contributed by atoms with E-state index in [1.54, 1.807) is 0 Å². The zero-order valence-corrected chi connectivity index (χ0v) is 20.1. The van der Waals surface area contributed by atoms with Crippen molar-refractivity contribution in [3.63, 3.8) is 0 Å². The van der Waals surface area contributed by atoms with Crippen LogP contribution < -0.4 is 68.9 Å². The normalized spacial score (nSPS) is 11.6. The second kappa shape index (κ2) is 9.22. The molecule has 7 nitrogen and oxygen atoms in total. The van der Waals surface area contributed by atoms with Crippen molar-refractivity contribution in [3.8, 4) is 0 Å². The summed E-state index contributed by atoms with van der Waals surface area (Å²) in [6, 6.07) is 5.62. The van der Waals surface area contributed by atoms with Gasteiger partial charge in [0, 0.05) is 24.7 Å². The van der Waals surface area contributed by atoms with E-state index in [9.17, 15) is 37.1 Å². The molecule has 0 unspecified atom stereocenters. The standard InChI is InChI=1S/C14H8F3N2O5PS.2Na/c15-14(16,17)12(21)9-6-26-13(18-9)11(20)8-5-19(25(22,23)24)10-4-2-1-3-7(8)10;;/h1-6H,(H2,22,23,24);;/q;2*+1/p-2. The number of carbonyl (C=O) groups is 2. The number of Topliss-reactive ketones (excluding diaryl/α,β-unsaturated/α-hetero) is 1. The van der Waals surface area contributed by atoms with Gasteiger partial charge in [-0.2, -0.15) is 13.2 Å². The summed E-state index contributed by atoms with van der Waals surface area (Å²) in [6.07, 6.45) is -4.34. The number of nitrogens with zero attached hydrogens (tertiary/aromatic N) is 2. The van der Waals surface area contributed by atoms with Crippen molar-refractivity contribution in [2.75, 3.05) is 0 Å². The Morgan fingerprint density at radius 3 is 2.32 bits per heavy atom. The molecular weight excluding hydrogens is 442 g/mol. The Bertz CT molecular complexity index is 1090. The van der Waals surface area contributed by atoms with Crippen LogP contribution in [-0.4, -0.2) is 27.1 Å². The number of halogens is 3. The summed E-state index contributed by atoms with van der Waals surface area (Å²) in [4.78, 5) is 49.8. The maximum absolute atomic E-state index is 12.5. The molecular formula is C14H6F3N2Na2O5PS. The molecule has 0 amide bonds. The maximum Gasteiger partial charge on any atom is 1.00 e. The molecule has 0 bridgehead atoms. The fraction of sp³-hybridized carbons (Fsp3) is 0.0714. The second-order valence-corrected chi connectivity index (χ2v) is 7.29. The summed E-state index contributed by atoms with van der Waals surface area (Å²) in [5, 5.41) is 0.462. The summed E-state index contributed by atoms with van der Waals surface area (Å²) in [7, 11) is -5.26. The average Bonchev–Trinajstić information content (AvgIpc) is 3.17. The van der Waals surface area contributed by atoms with Gasteiger partial charge in [0.25, 0.3) is 5.78 Å².